The first-order chi connectivity index (χ1) is 22.7. The largest absolute Gasteiger partial charge is 0.310 e. The van der Waals surface area contributed by atoms with Crippen molar-refractivity contribution in [3.63, 3.8) is 0 Å². The van der Waals surface area contributed by atoms with Crippen LogP contribution < -0.4 is 14.7 Å². The molecule has 0 heterocycles. The van der Waals surface area contributed by atoms with Gasteiger partial charge in [-0.3, -0.25) is 0 Å². The van der Waals surface area contributed by atoms with E-state index in [0.717, 1.165) is 45.5 Å². The van der Waals surface area contributed by atoms with E-state index < -0.39 is 0 Å². The molecule has 46 heavy (non-hydrogen) atoms. The van der Waals surface area contributed by atoms with Gasteiger partial charge < -0.3 is 14.7 Å². The first kappa shape index (κ1) is 28.6. The van der Waals surface area contributed by atoms with Gasteiger partial charge in [-0.2, -0.15) is 0 Å². The second-order valence-electron chi connectivity index (χ2n) is 10.9. The maximum atomic E-state index is 15.8. The van der Waals surface area contributed by atoms with Gasteiger partial charge in [-0.05, 0) is 97.1 Å². The monoisotopic (exact) mass is 597 g/mol. The Hall–Kier alpha value is -6.13. The van der Waals surface area contributed by atoms with Crippen LogP contribution in [0.3, 0.4) is 0 Å². The molecule has 7 rings (SSSR count). The Balaban J connectivity index is 1.39. The van der Waals surface area contributed by atoms with Crippen LogP contribution in [0.25, 0.3) is 0 Å². The van der Waals surface area contributed by atoms with Crippen molar-refractivity contribution in [3.05, 3.63) is 200 Å². The van der Waals surface area contributed by atoms with Crippen LogP contribution in [0.15, 0.2) is 194 Å². The van der Waals surface area contributed by atoms with Gasteiger partial charge in [0, 0.05) is 39.8 Å². The zero-order valence-electron chi connectivity index (χ0n) is 25.2. The van der Waals surface area contributed by atoms with E-state index in [4.69, 9.17) is 0 Å². The molecule has 0 unspecified atom stereocenters. The molecule has 0 saturated carbocycles. The van der Waals surface area contributed by atoms with Crippen molar-refractivity contribution < 1.29 is 4.39 Å². The summed E-state index contributed by atoms with van der Waals surface area (Å²) in [6, 6.07) is 64.5. The average molecular weight is 598 g/mol. The number of nitrogens with zero attached hydrogens (tertiary/aromatic N) is 3. The van der Waals surface area contributed by atoms with Crippen LogP contribution >= 0.6 is 0 Å². The van der Waals surface area contributed by atoms with E-state index >= 15 is 4.39 Å². The molecule has 0 fully saturated rings. The summed E-state index contributed by atoms with van der Waals surface area (Å²) in [5.74, 6) is -0.323. The number of halogens is 1. The van der Waals surface area contributed by atoms with Crippen molar-refractivity contribution in [2.45, 2.75) is 0 Å². The highest BCUT2D eigenvalue weighted by molar-refractivity contribution is 5.85. The number of hydrogen-bond acceptors (Lipinski definition) is 3. The summed E-state index contributed by atoms with van der Waals surface area (Å²) in [5, 5.41) is 0. The Bertz CT molecular complexity index is 1920. The van der Waals surface area contributed by atoms with E-state index in [9.17, 15) is 0 Å². The van der Waals surface area contributed by atoms with Crippen LogP contribution in [0.5, 0.6) is 0 Å². The summed E-state index contributed by atoms with van der Waals surface area (Å²) < 4.78 is 15.8. The molecule has 0 bridgehead atoms. The third kappa shape index (κ3) is 6.10. The van der Waals surface area contributed by atoms with Gasteiger partial charge in [0.1, 0.15) is 5.82 Å². The smallest absolute Gasteiger partial charge is 0.127 e. The maximum Gasteiger partial charge on any atom is 0.127 e. The lowest BCUT2D eigenvalue weighted by Gasteiger charge is -2.31. The number of rotatable bonds is 9. The molecular formula is C42H32FN3. The van der Waals surface area contributed by atoms with Crippen molar-refractivity contribution >= 4 is 51.2 Å². The molecule has 0 saturated heterocycles. The summed E-state index contributed by atoms with van der Waals surface area (Å²) in [5.41, 5.74) is 8.23. The van der Waals surface area contributed by atoms with Crippen molar-refractivity contribution in [3.8, 4) is 0 Å². The SMILES string of the molecule is Fc1cc(N(c2ccccc2)c2ccccc2)cc(N(c2ccccc2)c2cccc(N(c3ccccc3)c3ccccc3)c2)c1. The predicted octanol–water partition coefficient (Wildman–Crippen LogP) is 12.2. The van der Waals surface area contributed by atoms with Gasteiger partial charge in [-0.1, -0.05) is 97.1 Å². The topological polar surface area (TPSA) is 9.72 Å². The Kier molecular flexibility index (Phi) is 8.24. The molecule has 222 valence electrons. The minimum Gasteiger partial charge on any atom is -0.310 e. The Morgan fingerprint density at radius 2 is 0.478 bits per heavy atom. The van der Waals surface area contributed by atoms with Crippen LogP contribution in [0.4, 0.5) is 55.6 Å². The van der Waals surface area contributed by atoms with Crippen LogP contribution in [-0.2, 0) is 0 Å². The summed E-state index contributed by atoms with van der Waals surface area (Å²) in [4.78, 5) is 6.42. The summed E-state index contributed by atoms with van der Waals surface area (Å²) in [6.45, 7) is 0. The number of anilines is 9. The van der Waals surface area contributed by atoms with Gasteiger partial charge in [0.2, 0.25) is 0 Å². The van der Waals surface area contributed by atoms with Crippen LogP contribution in [0.1, 0.15) is 0 Å². The van der Waals surface area contributed by atoms with E-state index in [1.54, 1.807) is 12.1 Å². The predicted molar refractivity (Wildman–Crippen MR) is 190 cm³/mol. The van der Waals surface area contributed by atoms with E-state index in [-0.39, 0.29) is 5.82 Å². The molecule has 0 spiro atoms. The van der Waals surface area contributed by atoms with Gasteiger partial charge in [0.15, 0.2) is 0 Å². The number of para-hydroxylation sites is 5. The first-order valence-corrected chi connectivity index (χ1v) is 15.3. The van der Waals surface area contributed by atoms with E-state index in [1.807, 2.05) is 115 Å². The summed E-state index contributed by atoms with van der Waals surface area (Å²) in [7, 11) is 0. The Morgan fingerprint density at radius 3 is 0.804 bits per heavy atom. The van der Waals surface area contributed by atoms with Gasteiger partial charge >= 0.3 is 0 Å². The summed E-state index contributed by atoms with van der Waals surface area (Å²) in [6.07, 6.45) is 0. The molecule has 4 heteroatoms. The van der Waals surface area contributed by atoms with Gasteiger partial charge in [0.25, 0.3) is 0 Å². The maximum absolute atomic E-state index is 15.8. The van der Waals surface area contributed by atoms with E-state index in [2.05, 4.69) is 81.4 Å². The zero-order chi connectivity index (χ0) is 31.1. The Labute approximate surface area is 269 Å². The lowest BCUT2D eigenvalue weighted by atomic mass is 10.1. The fraction of sp³-hybridized carbons (Fsp3) is 0. The molecule has 0 N–H and O–H groups in total. The van der Waals surface area contributed by atoms with Crippen molar-refractivity contribution in [2.24, 2.45) is 0 Å². The normalized spacial score (nSPS) is 10.7. The molecule has 0 aliphatic rings. The second kappa shape index (κ2) is 13.2. The molecule has 0 aliphatic heterocycles. The minimum atomic E-state index is -0.323. The molecule has 0 aliphatic carbocycles. The van der Waals surface area contributed by atoms with Gasteiger partial charge in [-0.25, -0.2) is 4.39 Å². The van der Waals surface area contributed by atoms with Gasteiger partial charge in [0.05, 0.1) is 11.4 Å². The first-order valence-electron chi connectivity index (χ1n) is 15.3. The molecule has 0 radical (unpaired) electrons. The average Bonchev–Trinajstić information content (AvgIpc) is 3.11. The molecule has 7 aromatic rings. The summed E-state index contributed by atoms with van der Waals surface area (Å²) >= 11 is 0. The van der Waals surface area contributed by atoms with E-state index in [1.165, 1.54) is 0 Å². The molecular weight excluding hydrogens is 565 g/mol. The van der Waals surface area contributed by atoms with Crippen LogP contribution in [-0.4, -0.2) is 0 Å². The fourth-order valence-corrected chi connectivity index (χ4v) is 5.82. The third-order valence-corrected chi connectivity index (χ3v) is 7.80. The van der Waals surface area contributed by atoms with Crippen LogP contribution in [0.2, 0.25) is 0 Å². The van der Waals surface area contributed by atoms with Crippen molar-refractivity contribution in [1.29, 1.82) is 0 Å². The third-order valence-electron chi connectivity index (χ3n) is 7.80. The van der Waals surface area contributed by atoms with Crippen molar-refractivity contribution in [1.82, 2.24) is 0 Å². The quantitative estimate of drug-likeness (QED) is 0.164. The highest BCUT2D eigenvalue weighted by Gasteiger charge is 2.20. The molecule has 0 aromatic heterocycles. The lowest BCUT2D eigenvalue weighted by molar-refractivity contribution is 0.628. The lowest BCUT2D eigenvalue weighted by Crippen LogP contribution is -2.15. The Morgan fingerprint density at radius 1 is 0.239 bits per heavy atom. The highest BCUT2D eigenvalue weighted by atomic mass is 19.1. The molecule has 3 nitrogen and oxygen atoms in total. The van der Waals surface area contributed by atoms with Gasteiger partial charge in [-0.15, -0.1) is 0 Å². The van der Waals surface area contributed by atoms with Crippen LogP contribution in [0, 0.1) is 5.82 Å². The molecule has 0 atom stereocenters. The highest BCUT2D eigenvalue weighted by Crippen LogP contribution is 2.43. The van der Waals surface area contributed by atoms with Crippen molar-refractivity contribution in [2.75, 3.05) is 14.7 Å². The zero-order valence-corrected chi connectivity index (χ0v) is 25.2. The van der Waals surface area contributed by atoms with E-state index in [0.29, 0.717) is 5.69 Å². The fourth-order valence-electron chi connectivity index (χ4n) is 5.82. The minimum absolute atomic E-state index is 0.323. The molecule has 7 aromatic carbocycles. The number of hydrogen-bond donors (Lipinski definition) is 0. The second-order valence-corrected chi connectivity index (χ2v) is 10.9. The number of benzene rings is 7. The molecule has 0 amide bonds. The standard InChI is InChI=1S/C42H32FN3/c43-33-29-41(45(36-21-10-3-11-22-36)37-23-12-4-13-24-37)32-42(30-33)46(38-25-14-5-15-26-38)40-28-16-27-39(31-40)44(34-17-6-1-7-18-34)35-19-8-2-9-20-35/h1-32H.